The smallest absolute Gasteiger partial charge is 0.342 e. The number of aromatic amines is 1. The number of hydrogen-bond donors (Lipinski definition) is 2. The number of aryl methyl sites for hydroxylation is 1. The summed E-state index contributed by atoms with van der Waals surface area (Å²) < 4.78 is 33.6. The molecule has 0 fully saturated rings. The third-order valence-electron chi connectivity index (χ3n) is 4.51. The Kier molecular flexibility index (Phi) is 5.45. The Morgan fingerprint density at radius 3 is 2.48 bits per heavy atom. The Labute approximate surface area is 167 Å². The molecule has 8 nitrogen and oxygen atoms in total. The van der Waals surface area contributed by atoms with Gasteiger partial charge in [0.2, 0.25) is 15.8 Å². The van der Waals surface area contributed by atoms with Gasteiger partial charge in [0.25, 0.3) is 0 Å². The molecule has 1 unspecified atom stereocenters. The van der Waals surface area contributed by atoms with E-state index < -0.39 is 22.1 Å². The summed E-state index contributed by atoms with van der Waals surface area (Å²) in [6.07, 6.45) is -1.11. The van der Waals surface area contributed by atoms with Crippen molar-refractivity contribution >= 4 is 32.7 Å². The van der Waals surface area contributed by atoms with Crippen LogP contribution >= 0.6 is 0 Å². The van der Waals surface area contributed by atoms with Crippen LogP contribution in [0.5, 0.6) is 5.75 Å². The van der Waals surface area contributed by atoms with E-state index in [-0.39, 0.29) is 22.0 Å². The van der Waals surface area contributed by atoms with Gasteiger partial charge >= 0.3 is 5.97 Å². The fraction of sp³-hybridized carbons (Fsp3) is 0.200. The minimum absolute atomic E-state index is 0.102. The maximum Gasteiger partial charge on any atom is 0.342 e. The Hall–Kier alpha value is -3.17. The largest absolute Gasteiger partial charge is 0.496 e. The molecule has 3 N–H and O–H groups in total. The lowest BCUT2D eigenvalue weighted by atomic mass is 10.0. The highest BCUT2D eigenvalue weighted by molar-refractivity contribution is 7.89. The number of carbonyl (C=O) groups excluding carboxylic acids is 2. The molecule has 0 saturated heterocycles. The van der Waals surface area contributed by atoms with Gasteiger partial charge in [-0.1, -0.05) is 18.2 Å². The summed E-state index contributed by atoms with van der Waals surface area (Å²) in [6, 6.07) is 10.9. The number of ether oxygens (including phenoxy) is 2. The van der Waals surface area contributed by atoms with E-state index in [4.69, 9.17) is 14.6 Å². The van der Waals surface area contributed by atoms with Crippen LogP contribution < -0.4 is 9.88 Å². The van der Waals surface area contributed by atoms with E-state index in [1.54, 1.807) is 13.0 Å². The summed E-state index contributed by atoms with van der Waals surface area (Å²) in [5, 5.41) is 5.85. The number of H-pyrrole nitrogens is 1. The molecule has 0 amide bonds. The maximum atomic E-state index is 12.9. The van der Waals surface area contributed by atoms with Crippen LogP contribution in [0.4, 0.5) is 0 Å². The summed E-state index contributed by atoms with van der Waals surface area (Å²) in [4.78, 5) is 28.4. The molecule has 0 radical (unpaired) electrons. The van der Waals surface area contributed by atoms with Gasteiger partial charge in [0.05, 0.1) is 12.0 Å². The van der Waals surface area contributed by atoms with Crippen LogP contribution in [0.3, 0.4) is 0 Å². The Morgan fingerprint density at radius 1 is 1.14 bits per heavy atom. The van der Waals surface area contributed by atoms with Crippen LogP contribution in [0.25, 0.3) is 10.9 Å². The standard InChI is InChI=1S/C20H20N2O6S/c1-11-18(14-6-4-5-7-16(14)22-11)19(23)12(2)28-20(24)15-10-13(29(21,25)26)8-9-17(15)27-3/h4-10,12,22H,1-3H3,(H2,21,25,26). The molecule has 1 aromatic heterocycles. The third-order valence-corrected chi connectivity index (χ3v) is 5.42. The van der Waals surface area contributed by atoms with Gasteiger partial charge in [-0.05, 0) is 38.1 Å². The molecule has 0 aliphatic heterocycles. The first kappa shape index (κ1) is 20.6. The van der Waals surface area contributed by atoms with Crippen LogP contribution in [0, 0.1) is 6.92 Å². The van der Waals surface area contributed by atoms with Crippen molar-refractivity contribution in [3.63, 3.8) is 0 Å². The highest BCUT2D eigenvalue weighted by Gasteiger charge is 2.26. The van der Waals surface area contributed by atoms with Gasteiger partial charge in [-0.3, -0.25) is 4.79 Å². The number of hydrogen-bond acceptors (Lipinski definition) is 6. The average Bonchev–Trinajstić information content (AvgIpc) is 3.01. The summed E-state index contributed by atoms with van der Waals surface area (Å²) in [7, 11) is -2.70. The lowest BCUT2D eigenvalue weighted by molar-refractivity contribution is 0.0316. The molecule has 2 aromatic carbocycles. The molecule has 3 rings (SSSR count). The minimum atomic E-state index is -4.03. The van der Waals surface area contributed by atoms with E-state index in [0.717, 1.165) is 17.0 Å². The van der Waals surface area contributed by atoms with Crippen LogP contribution in [0.15, 0.2) is 47.4 Å². The zero-order valence-corrected chi connectivity index (χ0v) is 16.9. The monoisotopic (exact) mass is 416 g/mol. The van der Waals surface area contributed by atoms with Crippen molar-refractivity contribution in [3.8, 4) is 5.75 Å². The highest BCUT2D eigenvalue weighted by Crippen LogP contribution is 2.26. The molecule has 1 atom stereocenters. The predicted molar refractivity (Wildman–Crippen MR) is 107 cm³/mol. The number of carbonyl (C=O) groups is 2. The van der Waals surface area contributed by atoms with Crippen molar-refractivity contribution in [2.75, 3.05) is 7.11 Å². The van der Waals surface area contributed by atoms with Gasteiger partial charge < -0.3 is 14.5 Å². The second-order valence-electron chi connectivity index (χ2n) is 6.49. The molecular formula is C20H20N2O6S. The number of primary sulfonamides is 1. The molecule has 0 spiro atoms. The molecule has 1 heterocycles. The average molecular weight is 416 g/mol. The van der Waals surface area contributed by atoms with Crippen LogP contribution in [-0.2, 0) is 14.8 Å². The lowest BCUT2D eigenvalue weighted by Gasteiger charge is -2.15. The predicted octanol–water partition coefficient (Wildman–Crippen LogP) is 2.56. The summed E-state index contributed by atoms with van der Waals surface area (Å²) in [5.74, 6) is -1.18. The minimum Gasteiger partial charge on any atom is -0.496 e. The number of nitrogens with one attached hydrogen (secondary N) is 1. The van der Waals surface area contributed by atoms with E-state index in [0.29, 0.717) is 11.3 Å². The molecule has 0 aliphatic rings. The normalized spacial score (nSPS) is 12.6. The van der Waals surface area contributed by atoms with E-state index in [1.165, 1.54) is 26.2 Å². The lowest BCUT2D eigenvalue weighted by Crippen LogP contribution is -2.25. The Morgan fingerprint density at radius 2 is 1.83 bits per heavy atom. The van der Waals surface area contributed by atoms with Crippen LogP contribution in [0.2, 0.25) is 0 Å². The van der Waals surface area contributed by atoms with Crippen molar-refractivity contribution in [1.82, 2.24) is 4.98 Å². The van der Waals surface area contributed by atoms with E-state index in [1.807, 2.05) is 18.2 Å². The van der Waals surface area contributed by atoms with Crippen molar-refractivity contribution < 1.29 is 27.5 Å². The second-order valence-corrected chi connectivity index (χ2v) is 8.05. The van der Waals surface area contributed by atoms with Gasteiger partial charge in [-0.15, -0.1) is 0 Å². The van der Waals surface area contributed by atoms with Crippen molar-refractivity contribution in [3.05, 3.63) is 59.3 Å². The Bertz CT molecular complexity index is 1210. The molecule has 0 bridgehead atoms. The number of aromatic nitrogens is 1. The molecule has 152 valence electrons. The van der Waals surface area contributed by atoms with Crippen LogP contribution in [-0.4, -0.2) is 38.4 Å². The first-order chi connectivity index (χ1) is 13.6. The number of ketones is 1. The molecule has 9 heteroatoms. The number of benzene rings is 2. The van der Waals surface area contributed by atoms with Gasteiger partial charge in [0.1, 0.15) is 11.3 Å². The van der Waals surface area contributed by atoms with Gasteiger partial charge in [-0.25, -0.2) is 18.4 Å². The van der Waals surface area contributed by atoms with E-state index >= 15 is 0 Å². The number of para-hydroxylation sites is 1. The van der Waals surface area contributed by atoms with E-state index in [2.05, 4.69) is 4.98 Å². The zero-order valence-electron chi connectivity index (χ0n) is 16.1. The Balaban J connectivity index is 1.91. The topological polar surface area (TPSA) is 129 Å². The number of nitrogens with two attached hydrogens (primary N) is 1. The van der Waals surface area contributed by atoms with Gasteiger partial charge in [-0.2, -0.15) is 0 Å². The molecular weight excluding hydrogens is 396 g/mol. The molecule has 0 saturated carbocycles. The van der Waals surface area contributed by atoms with Crippen LogP contribution in [0.1, 0.15) is 33.3 Å². The first-order valence-electron chi connectivity index (χ1n) is 8.67. The first-order valence-corrected chi connectivity index (χ1v) is 10.2. The van der Waals surface area contributed by atoms with Gasteiger partial charge in [0.15, 0.2) is 6.10 Å². The summed E-state index contributed by atoms with van der Waals surface area (Å²) >= 11 is 0. The number of fused-ring (bicyclic) bond motifs is 1. The number of methoxy groups -OCH3 is 1. The SMILES string of the molecule is COc1ccc(S(N)(=O)=O)cc1C(=O)OC(C)C(=O)c1c(C)[nH]c2ccccc12. The maximum absolute atomic E-state index is 12.9. The van der Waals surface area contributed by atoms with E-state index in [9.17, 15) is 18.0 Å². The third kappa shape index (κ3) is 4.01. The number of rotatable bonds is 6. The van der Waals surface area contributed by atoms with Crippen molar-refractivity contribution in [2.45, 2.75) is 24.8 Å². The molecule has 3 aromatic rings. The number of sulfonamides is 1. The highest BCUT2D eigenvalue weighted by atomic mass is 32.2. The summed E-state index contributed by atoms with van der Waals surface area (Å²) in [5.41, 5.74) is 1.75. The molecule has 29 heavy (non-hydrogen) atoms. The zero-order chi connectivity index (χ0) is 21.3. The van der Waals surface area contributed by atoms with Gasteiger partial charge in [0, 0.05) is 22.2 Å². The number of Topliss-reactive ketones (excluding diaryl/α,β-unsaturated/α-hetero) is 1. The van der Waals surface area contributed by atoms with Crippen molar-refractivity contribution in [2.24, 2.45) is 5.14 Å². The quantitative estimate of drug-likeness (QED) is 0.469. The van der Waals surface area contributed by atoms with Crippen molar-refractivity contribution in [1.29, 1.82) is 0 Å². The number of esters is 1. The molecule has 0 aliphatic carbocycles. The second kappa shape index (κ2) is 7.69. The fourth-order valence-corrected chi connectivity index (χ4v) is 3.64. The summed E-state index contributed by atoms with van der Waals surface area (Å²) in [6.45, 7) is 3.22. The fourth-order valence-electron chi connectivity index (χ4n) is 3.10.